The van der Waals surface area contributed by atoms with Crippen molar-refractivity contribution in [1.29, 1.82) is 0 Å². The molecule has 162 valence electrons. The van der Waals surface area contributed by atoms with E-state index >= 15 is 0 Å². The molecule has 2 amide bonds. The predicted molar refractivity (Wildman–Crippen MR) is 128 cm³/mol. The van der Waals surface area contributed by atoms with Gasteiger partial charge in [-0.3, -0.25) is 14.5 Å². The zero-order valence-electron chi connectivity index (χ0n) is 17.6. The summed E-state index contributed by atoms with van der Waals surface area (Å²) >= 11 is 1.33. The number of hydrogen-bond donors (Lipinski definition) is 1. The van der Waals surface area contributed by atoms with Gasteiger partial charge in [0, 0.05) is 12.1 Å². The number of hydrogen-bond acceptors (Lipinski definition) is 5. The second-order valence-corrected chi connectivity index (χ2v) is 8.40. The minimum Gasteiger partial charge on any atom is -0.497 e. The van der Waals surface area contributed by atoms with E-state index in [0.717, 1.165) is 11.3 Å². The molecule has 1 heterocycles. The van der Waals surface area contributed by atoms with Crippen molar-refractivity contribution in [3.8, 4) is 5.75 Å². The molecule has 0 bridgehead atoms. The molecule has 7 heteroatoms. The summed E-state index contributed by atoms with van der Waals surface area (Å²) in [5.74, 6) is 0.378. The molecule has 3 aromatic carbocycles. The second kappa shape index (κ2) is 10.2. The van der Waals surface area contributed by atoms with Crippen LogP contribution in [0.3, 0.4) is 0 Å². The summed E-state index contributed by atoms with van der Waals surface area (Å²) in [4.78, 5) is 32.2. The van der Waals surface area contributed by atoms with Crippen LogP contribution in [0, 0.1) is 0 Å². The fourth-order valence-corrected chi connectivity index (χ4v) is 4.46. The number of amides is 2. The lowest BCUT2D eigenvalue weighted by Gasteiger charge is -2.16. The van der Waals surface area contributed by atoms with E-state index in [1.54, 1.807) is 36.3 Å². The van der Waals surface area contributed by atoms with Crippen molar-refractivity contribution in [3.05, 3.63) is 90.5 Å². The number of carbonyl (C=O) groups excluding carboxylic acids is 2. The average Bonchev–Trinajstić information content (AvgIpc) is 3.09. The zero-order valence-corrected chi connectivity index (χ0v) is 18.4. The molecule has 6 nitrogen and oxygen atoms in total. The fraction of sp³-hybridized carbons (Fsp3) is 0.160. The second-order valence-electron chi connectivity index (χ2n) is 7.23. The lowest BCUT2D eigenvalue weighted by atomic mass is 10.2. The molecule has 1 N–H and O–H groups in total. The highest BCUT2D eigenvalue weighted by atomic mass is 32.2. The van der Waals surface area contributed by atoms with Crippen LogP contribution in [-0.2, 0) is 16.1 Å². The van der Waals surface area contributed by atoms with Gasteiger partial charge in [0.05, 0.1) is 19.3 Å². The molecule has 1 fully saturated rings. The number of nitrogens with one attached hydrogen (secondary N) is 1. The lowest BCUT2D eigenvalue weighted by molar-refractivity contribution is -0.128. The number of anilines is 1. The summed E-state index contributed by atoms with van der Waals surface area (Å²) in [7, 11) is 1.59. The number of amidine groups is 1. The maximum atomic E-state index is 13.2. The van der Waals surface area contributed by atoms with Gasteiger partial charge in [0.15, 0.2) is 5.17 Å². The van der Waals surface area contributed by atoms with Crippen molar-refractivity contribution < 1.29 is 14.3 Å². The third-order valence-corrected chi connectivity index (χ3v) is 6.10. The van der Waals surface area contributed by atoms with Crippen molar-refractivity contribution in [2.75, 3.05) is 12.4 Å². The highest BCUT2D eigenvalue weighted by molar-refractivity contribution is 8.15. The third kappa shape index (κ3) is 5.36. The number of ether oxygens (including phenoxy) is 1. The maximum Gasteiger partial charge on any atom is 0.242 e. The third-order valence-electron chi connectivity index (χ3n) is 4.93. The Kier molecular flexibility index (Phi) is 6.87. The first-order valence-corrected chi connectivity index (χ1v) is 11.1. The van der Waals surface area contributed by atoms with Gasteiger partial charge in [-0.05, 0) is 42.0 Å². The number of aliphatic imine (C=N–C) groups is 1. The summed E-state index contributed by atoms with van der Waals surface area (Å²) in [5.41, 5.74) is 2.43. The first kappa shape index (κ1) is 21.6. The number of thioether (sulfide) groups is 1. The average molecular weight is 446 g/mol. The number of para-hydroxylation sites is 1. The van der Waals surface area contributed by atoms with E-state index < -0.39 is 5.25 Å². The molecule has 1 aliphatic rings. The number of carbonyl (C=O) groups is 2. The Morgan fingerprint density at radius 3 is 2.31 bits per heavy atom. The summed E-state index contributed by atoms with van der Waals surface area (Å²) in [5, 5.41) is 2.93. The summed E-state index contributed by atoms with van der Waals surface area (Å²) < 4.78 is 5.14. The van der Waals surface area contributed by atoms with Gasteiger partial charge in [0.1, 0.15) is 11.0 Å². The molecule has 0 aromatic heterocycles. The smallest absolute Gasteiger partial charge is 0.242 e. The monoisotopic (exact) mass is 445 g/mol. The van der Waals surface area contributed by atoms with Crippen molar-refractivity contribution in [3.63, 3.8) is 0 Å². The van der Waals surface area contributed by atoms with Crippen molar-refractivity contribution in [1.82, 2.24) is 4.90 Å². The van der Waals surface area contributed by atoms with E-state index in [9.17, 15) is 9.59 Å². The van der Waals surface area contributed by atoms with Crippen LogP contribution in [0.25, 0.3) is 0 Å². The molecule has 0 radical (unpaired) electrons. The summed E-state index contributed by atoms with van der Waals surface area (Å²) in [6, 6.07) is 26.4. The number of benzene rings is 3. The van der Waals surface area contributed by atoms with E-state index in [1.165, 1.54) is 11.8 Å². The quantitative estimate of drug-likeness (QED) is 0.564. The summed E-state index contributed by atoms with van der Waals surface area (Å²) in [6.07, 6.45) is 0.0641. The molecule has 4 rings (SSSR count). The molecular weight excluding hydrogens is 422 g/mol. The van der Waals surface area contributed by atoms with Gasteiger partial charge in [-0.1, -0.05) is 60.3 Å². The van der Waals surface area contributed by atoms with Gasteiger partial charge >= 0.3 is 0 Å². The molecule has 1 saturated heterocycles. The SMILES string of the molecule is COc1ccc(NC(=O)CC2SC(=Nc3ccccc3)N(Cc3ccccc3)C2=O)cc1. The molecular formula is C25H23N3O3S. The van der Waals surface area contributed by atoms with Crippen LogP contribution in [0.1, 0.15) is 12.0 Å². The molecule has 1 aliphatic heterocycles. The van der Waals surface area contributed by atoms with Crippen LogP contribution in [0.2, 0.25) is 0 Å². The Morgan fingerprint density at radius 1 is 1.00 bits per heavy atom. The Balaban J connectivity index is 1.50. The van der Waals surface area contributed by atoms with Crippen molar-refractivity contribution in [2.45, 2.75) is 18.2 Å². The Bertz CT molecular complexity index is 1100. The highest BCUT2D eigenvalue weighted by Gasteiger charge is 2.39. The van der Waals surface area contributed by atoms with Crippen molar-refractivity contribution >= 4 is 40.1 Å². The van der Waals surface area contributed by atoms with E-state index in [0.29, 0.717) is 23.1 Å². The molecule has 1 atom stereocenters. The normalized spacial score (nSPS) is 16.9. The van der Waals surface area contributed by atoms with Gasteiger partial charge in [-0.25, -0.2) is 4.99 Å². The van der Waals surface area contributed by atoms with E-state index in [2.05, 4.69) is 10.3 Å². The number of rotatable bonds is 7. The standard InChI is InChI=1S/C25H23N3O3S/c1-31-21-14-12-20(13-15-21)26-23(29)16-22-24(30)28(17-18-8-4-2-5-9-18)25(32-22)27-19-10-6-3-7-11-19/h2-15,22H,16-17H2,1H3,(H,26,29). The largest absolute Gasteiger partial charge is 0.497 e. The number of methoxy groups -OCH3 is 1. The maximum absolute atomic E-state index is 13.2. The van der Waals surface area contributed by atoms with Crippen LogP contribution < -0.4 is 10.1 Å². The van der Waals surface area contributed by atoms with Gasteiger partial charge in [-0.15, -0.1) is 0 Å². The summed E-state index contributed by atoms with van der Waals surface area (Å²) in [6.45, 7) is 0.412. The minimum atomic E-state index is -0.528. The Hall–Kier alpha value is -3.58. The fourth-order valence-electron chi connectivity index (χ4n) is 3.30. The van der Waals surface area contributed by atoms with Crippen molar-refractivity contribution in [2.24, 2.45) is 4.99 Å². The van der Waals surface area contributed by atoms with Crippen LogP contribution in [0.15, 0.2) is 89.9 Å². The predicted octanol–water partition coefficient (Wildman–Crippen LogP) is 4.86. The molecule has 0 spiro atoms. The van der Waals surface area contributed by atoms with E-state index in [-0.39, 0.29) is 18.2 Å². The van der Waals surface area contributed by atoms with Gasteiger partial charge < -0.3 is 10.1 Å². The molecule has 0 aliphatic carbocycles. The molecule has 0 saturated carbocycles. The van der Waals surface area contributed by atoms with E-state index in [4.69, 9.17) is 4.74 Å². The van der Waals surface area contributed by atoms with E-state index in [1.807, 2.05) is 60.7 Å². The first-order chi connectivity index (χ1) is 15.6. The topological polar surface area (TPSA) is 71.0 Å². The Morgan fingerprint density at radius 2 is 1.66 bits per heavy atom. The van der Waals surface area contributed by atoms with Crippen LogP contribution in [0.5, 0.6) is 5.75 Å². The first-order valence-electron chi connectivity index (χ1n) is 10.2. The molecule has 1 unspecified atom stereocenters. The van der Waals surface area contributed by atoms with Gasteiger partial charge in [0.2, 0.25) is 11.8 Å². The zero-order chi connectivity index (χ0) is 22.3. The Labute approximate surface area is 191 Å². The van der Waals surface area contributed by atoms with Crippen LogP contribution in [-0.4, -0.2) is 34.2 Å². The number of nitrogens with zero attached hydrogens (tertiary/aromatic N) is 2. The molecule has 3 aromatic rings. The van der Waals surface area contributed by atoms with Crippen LogP contribution in [0.4, 0.5) is 11.4 Å². The minimum absolute atomic E-state index is 0.0641. The van der Waals surface area contributed by atoms with Crippen LogP contribution >= 0.6 is 11.8 Å². The lowest BCUT2D eigenvalue weighted by Crippen LogP contribution is -2.33. The highest BCUT2D eigenvalue weighted by Crippen LogP contribution is 2.33. The molecule has 32 heavy (non-hydrogen) atoms. The van der Waals surface area contributed by atoms with Gasteiger partial charge in [0.25, 0.3) is 0 Å². The van der Waals surface area contributed by atoms with Gasteiger partial charge in [-0.2, -0.15) is 0 Å².